The third-order valence-electron chi connectivity index (χ3n) is 2.89. The van der Waals surface area contributed by atoms with E-state index in [4.69, 9.17) is 9.47 Å². The number of nitrogens with one attached hydrogen (secondary N) is 2. The fraction of sp³-hybridized carbons (Fsp3) is 0.400. The number of carbonyl (C=O) groups is 3. The first-order valence-electron chi connectivity index (χ1n) is 6.81. The van der Waals surface area contributed by atoms with E-state index in [0.717, 1.165) is 0 Å². The van der Waals surface area contributed by atoms with Gasteiger partial charge in [0.25, 0.3) is 0 Å². The second-order valence-electron chi connectivity index (χ2n) is 4.71. The van der Waals surface area contributed by atoms with E-state index in [1.54, 1.807) is 25.1 Å². The zero-order chi connectivity index (χ0) is 17.4. The van der Waals surface area contributed by atoms with Crippen LogP contribution >= 0.6 is 0 Å². The Kier molecular flexibility index (Phi) is 6.85. The number of anilines is 1. The van der Waals surface area contributed by atoms with E-state index in [0.29, 0.717) is 17.2 Å². The van der Waals surface area contributed by atoms with Crippen LogP contribution in [-0.4, -0.2) is 45.2 Å². The maximum Gasteiger partial charge on any atom is 0.313 e. The molecule has 8 heteroatoms. The van der Waals surface area contributed by atoms with Gasteiger partial charge in [-0.15, -0.1) is 0 Å². The Bertz CT molecular complexity index is 565. The third-order valence-corrected chi connectivity index (χ3v) is 2.89. The Morgan fingerprint density at radius 1 is 1.00 bits per heavy atom. The number of esters is 1. The van der Waals surface area contributed by atoms with Gasteiger partial charge < -0.3 is 24.8 Å². The molecular formula is C15H20N2O6. The zero-order valence-electron chi connectivity index (χ0n) is 13.5. The first-order chi connectivity index (χ1) is 10.9. The summed E-state index contributed by atoms with van der Waals surface area (Å²) < 4.78 is 14.6. The molecule has 1 aromatic carbocycles. The van der Waals surface area contributed by atoms with Gasteiger partial charge in [-0.25, -0.2) is 0 Å². The monoisotopic (exact) mass is 324 g/mol. The van der Waals surface area contributed by atoms with Gasteiger partial charge in [-0.2, -0.15) is 0 Å². The highest BCUT2D eigenvalue weighted by atomic mass is 16.5. The molecule has 2 amide bonds. The van der Waals surface area contributed by atoms with Crippen molar-refractivity contribution in [1.82, 2.24) is 5.32 Å². The second kappa shape index (κ2) is 8.62. The van der Waals surface area contributed by atoms with Gasteiger partial charge in [-0.3, -0.25) is 14.4 Å². The summed E-state index contributed by atoms with van der Waals surface area (Å²) in [6, 6.07) is 4.20. The molecule has 0 aromatic heterocycles. The van der Waals surface area contributed by atoms with Crippen LogP contribution in [0.1, 0.15) is 13.3 Å². The van der Waals surface area contributed by atoms with Gasteiger partial charge in [0.05, 0.1) is 27.8 Å². The topological polar surface area (TPSA) is 103 Å². The van der Waals surface area contributed by atoms with Crippen LogP contribution in [0, 0.1) is 0 Å². The molecule has 2 N–H and O–H groups in total. The predicted octanol–water partition coefficient (Wildman–Crippen LogP) is 0.710. The summed E-state index contributed by atoms with van der Waals surface area (Å²) in [5.74, 6) is -1.26. The Morgan fingerprint density at radius 2 is 1.57 bits per heavy atom. The summed E-state index contributed by atoms with van der Waals surface area (Å²) in [5.41, 5.74) is 0.349. The second-order valence-corrected chi connectivity index (χ2v) is 4.71. The molecule has 0 saturated carbocycles. The largest absolute Gasteiger partial charge is 0.497 e. The molecular weight excluding hydrogens is 304 g/mol. The van der Waals surface area contributed by atoms with E-state index in [-0.39, 0.29) is 6.42 Å². The molecule has 8 nitrogen and oxygen atoms in total. The van der Waals surface area contributed by atoms with E-state index in [9.17, 15) is 14.4 Å². The van der Waals surface area contributed by atoms with Crippen molar-refractivity contribution < 1.29 is 28.6 Å². The van der Waals surface area contributed by atoms with Crippen molar-refractivity contribution in [2.75, 3.05) is 26.6 Å². The number of rotatable bonds is 6. The first-order valence-corrected chi connectivity index (χ1v) is 6.81. The highest BCUT2D eigenvalue weighted by molar-refractivity contribution is 6.39. The number of methoxy groups -OCH3 is 3. The quantitative estimate of drug-likeness (QED) is 0.590. The lowest BCUT2D eigenvalue weighted by atomic mass is 10.2. The molecule has 0 unspecified atom stereocenters. The van der Waals surface area contributed by atoms with Crippen LogP contribution in [0.3, 0.4) is 0 Å². The summed E-state index contributed by atoms with van der Waals surface area (Å²) in [6.45, 7) is 1.59. The molecule has 0 saturated heterocycles. The van der Waals surface area contributed by atoms with Crippen molar-refractivity contribution in [3.05, 3.63) is 18.2 Å². The Morgan fingerprint density at radius 3 is 2.04 bits per heavy atom. The molecule has 126 valence electrons. The molecule has 0 spiro atoms. The lowest BCUT2D eigenvalue weighted by Crippen LogP contribution is -2.41. The van der Waals surface area contributed by atoms with Crippen LogP contribution in [0.5, 0.6) is 11.5 Å². The van der Waals surface area contributed by atoms with Crippen molar-refractivity contribution in [2.24, 2.45) is 0 Å². The van der Waals surface area contributed by atoms with Crippen molar-refractivity contribution in [2.45, 2.75) is 19.4 Å². The summed E-state index contributed by atoms with van der Waals surface area (Å²) in [5, 5.41) is 4.84. The van der Waals surface area contributed by atoms with E-state index < -0.39 is 23.8 Å². The minimum Gasteiger partial charge on any atom is -0.497 e. The molecule has 1 rings (SSSR count). The zero-order valence-corrected chi connectivity index (χ0v) is 13.5. The number of hydrogen-bond acceptors (Lipinski definition) is 6. The normalized spacial score (nSPS) is 11.1. The molecule has 0 heterocycles. The van der Waals surface area contributed by atoms with Crippen LogP contribution < -0.4 is 20.1 Å². The van der Waals surface area contributed by atoms with Crippen molar-refractivity contribution in [3.8, 4) is 11.5 Å². The van der Waals surface area contributed by atoms with E-state index >= 15 is 0 Å². The van der Waals surface area contributed by atoms with E-state index in [1.807, 2.05) is 0 Å². The highest BCUT2D eigenvalue weighted by Crippen LogP contribution is 2.25. The fourth-order valence-electron chi connectivity index (χ4n) is 1.74. The van der Waals surface area contributed by atoms with E-state index in [1.165, 1.54) is 21.3 Å². The van der Waals surface area contributed by atoms with E-state index in [2.05, 4.69) is 15.4 Å². The molecule has 0 radical (unpaired) electrons. The standard InChI is InChI=1S/C15H20N2O6/c1-9(5-13(18)23-4)16-14(19)15(20)17-10-6-11(21-2)8-12(7-10)22-3/h6-9H,5H2,1-4H3,(H,16,19)(H,17,20)/t9-/m1/s1. The van der Waals surface area contributed by atoms with Gasteiger partial charge in [0, 0.05) is 29.9 Å². The van der Waals surface area contributed by atoms with Gasteiger partial charge >= 0.3 is 17.8 Å². The maximum absolute atomic E-state index is 11.9. The lowest BCUT2D eigenvalue weighted by Gasteiger charge is -2.13. The van der Waals surface area contributed by atoms with Crippen molar-refractivity contribution in [3.63, 3.8) is 0 Å². The number of hydrogen-bond donors (Lipinski definition) is 2. The minimum atomic E-state index is -0.864. The number of carbonyl (C=O) groups excluding carboxylic acids is 3. The summed E-state index contributed by atoms with van der Waals surface area (Å²) >= 11 is 0. The number of benzene rings is 1. The maximum atomic E-state index is 11.9. The van der Waals surface area contributed by atoms with Crippen LogP contribution in [0.4, 0.5) is 5.69 Å². The molecule has 0 aliphatic carbocycles. The number of amides is 2. The highest BCUT2D eigenvalue weighted by Gasteiger charge is 2.18. The Balaban J connectivity index is 2.68. The summed E-state index contributed by atoms with van der Waals surface area (Å²) in [6.07, 6.45) is -0.0253. The molecule has 0 bridgehead atoms. The first kappa shape index (κ1) is 18.3. The summed E-state index contributed by atoms with van der Waals surface area (Å²) in [7, 11) is 4.20. The average molecular weight is 324 g/mol. The summed E-state index contributed by atoms with van der Waals surface area (Å²) in [4.78, 5) is 34.8. The van der Waals surface area contributed by atoms with Gasteiger partial charge in [-0.1, -0.05) is 0 Å². The molecule has 0 aliphatic heterocycles. The fourth-order valence-corrected chi connectivity index (χ4v) is 1.74. The molecule has 0 aliphatic rings. The van der Waals surface area contributed by atoms with Gasteiger partial charge in [-0.05, 0) is 6.92 Å². The predicted molar refractivity (Wildman–Crippen MR) is 82.4 cm³/mol. The van der Waals surface area contributed by atoms with Crippen LogP contribution in [0.25, 0.3) is 0 Å². The molecule has 1 atom stereocenters. The van der Waals surface area contributed by atoms with Crippen LogP contribution in [0.2, 0.25) is 0 Å². The number of ether oxygens (including phenoxy) is 3. The molecule has 1 aromatic rings. The third kappa shape index (κ3) is 5.85. The van der Waals surface area contributed by atoms with Gasteiger partial charge in [0.1, 0.15) is 11.5 Å². The molecule has 23 heavy (non-hydrogen) atoms. The van der Waals surface area contributed by atoms with Crippen LogP contribution in [-0.2, 0) is 19.1 Å². The van der Waals surface area contributed by atoms with Crippen molar-refractivity contribution in [1.29, 1.82) is 0 Å². The minimum absolute atomic E-state index is 0.0253. The van der Waals surface area contributed by atoms with Gasteiger partial charge in [0.2, 0.25) is 0 Å². The van der Waals surface area contributed by atoms with Crippen molar-refractivity contribution >= 4 is 23.5 Å². The SMILES string of the molecule is COC(=O)C[C@@H](C)NC(=O)C(=O)Nc1cc(OC)cc(OC)c1. The smallest absolute Gasteiger partial charge is 0.313 e. The lowest BCUT2D eigenvalue weighted by molar-refractivity contribution is -0.142. The Labute approximate surface area is 134 Å². The average Bonchev–Trinajstić information content (AvgIpc) is 2.53. The van der Waals surface area contributed by atoms with Crippen LogP contribution in [0.15, 0.2) is 18.2 Å². The van der Waals surface area contributed by atoms with Gasteiger partial charge in [0.15, 0.2) is 0 Å². The molecule has 0 fully saturated rings. The Hall–Kier alpha value is -2.77.